The van der Waals surface area contributed by atoms with E-state index in [-0.39, 0.29) is 60.4 Å². The Labute approximate surface area is 311 Å². The number of ether oxygens (including phenoxy) is 3. The van der Waals surface area contributed by atoms with Crippen LogP contribution < -0.4 is 43.8 Å². The van der Waals surface area contributed by atoms with E-state index >= 15 is 0 Å². The quantitative estimate of drug-likeness (QED) is 0.114. The molecular weight excluding hydrogens is 691 g/mol. The molecule has 1 N–H and O–H groups in total. The number of carbonyl (C=O) groups excluding carboxylic acids is 4. The van der Waals surface area contributed by atoms with Gasteiger partial charge in [-0.15, -0.1) is 0 Å². The van der Waals surface area contributed by atoms with Gasteiger partial charge < -0.3 is 20.7 Å². The monoisotopic (exact) mass is 726 g/mol. The van der Waals surface area contributed by atoms with E-state index in [0.29, 0.717) is 59.9 Å². The average Bonchev–Trinajstić information content (AvgIpc) is 3.50. The summed E-state index contributed by atoms with van der Waals surface area (Å²) in [6, 6.07) is 27.8. The summed E-state index contributed by atoms with van der Waals surface area (Å²) in [5, 5.41) is 9.66. The Morgan fingerprint density at radius 3 is 1.44 bits per heavy atom. The Morgan fingerprint density at radius 2 is 1.02 bits per heavy atom. The van der Waals surface area contributed by atoms with Crippen LogP contribution in [-0.2, 0) is 0 Å². The molecule has 4 aromatic carbocycles. The maximum absolute atomic E-state index is 12.2. The van der Waals surface area contributed by atoms with E-state index in [9.17, 15) is 19.2 Å². The van der Waals surface area contributed by atoms with E-state index in [1.54, 1.807) is 93.1 Å². The van der Waals surface area contributed by atoms with Crippen molar-refractivity contribution < 1.29 is 69.5 Å². The summed E-state index contributed by atoms with van der Waals surface area (Å²) < 4.78 is 15.6. The van der Waals surface area contributed by atoms with Gasteiger partial charge in [0.15, 0.2) is 0 Å². The van der Waals surface area contributed by atoms with Crippen LogP contribution in [0.5, 0.6) is 23.0 Å². The predicted octanol–water partition coefficient (Wildman–Crippen LogP) is 3.35. The van der Waals surface area contributed by atoms with Gasteiger partial charge in [0.25, 0.3) is 23.6 Å². The van der Waals surface area contributed by atoms with E-state index in [1.807, 2.05) is 18.2 Å². The second-order valence-electron chi connectivity index (χ2n) is 10.2. The fourth-order valence-electron chi connectivity index (χ4n) is 4.82. The number of nitrogens with zero attached hydrogens (tertiary/aromatic N) is 2. The standard InChI is InChI=1S/C18H17NO4.C11H10BrNO2.C7H8O2.Na.H/c1-22-13-6-4-7-14(12-13)23-11-5-10-19-17(20)15-8-2-3-9-16(15)18(19)21;12-6-3-7-13-10(14)8-4-1-2-5-9(8)11(13)15;1-9-7-4-2-3-6(8)5-7;;/h2-4,6-9,12H,5,10-11H2,1H3;1-2,4-5H,3,6-7H2;2-5,8H,1H3;;/q;;;+1;-1. The molecule has 2 heterocycles. The second-order valence-corrected chi connectivity index (χ2v) is 11.0. The van der Waals surface area contributed by atoms with Gasteiger partial charge in [-0.05, 0) is 61.4 Å². The Hall–Kier alpha value is -4.16. The number of phenolic OH excluding ortho intramolecular Hbond substituents is 1. The van der Waals surface area contributed by atoms with Crippen LogP contribution in [0.1, 0.15) is 55.7 Å². The molecule has 0 fully saturated rings. The number of phenols is 1. The zero-order valence-electron chi connectivity index (χ0n) is 28.1. The minimum atomic E-state index is -0.230. The largest absolute Gasteiger partial charge is 1.00 e. The summed E-state index contributed by atoms with van der Waals surface area (Å²) in [5.41, 5.74) is 2.01. The number of aromatic hydroxyl groups is 1. The first-order valence-corrected chi connectivity index (χ1v) is 16.0. The molecule has 12 heteroatoms. The number of methoxy groups -OCH3 is 2. The van der Waals surface area contributed by atoms with Crippen LogP contribution in [0.25, 0.3) is 0 Å². The van der Waals surface area contributed by atoms with Crippen molar-refractivity contribution in [3.05, 3.63) is 119 Å². The van der Waals surface area contributed by atoms with Crippen molar-refractivity contribution in [2.75, 3.05) is 39.2 Å². The molecule has 0 bridgehead atoms. The minimum Gasteiger partial charge on any atom is -1.00 e. The van der Waals surface area contributed by atoms with Crippen LogP contribution in [0, 0.1) is 0 Å². The minimum absolute atomic E-state index is 0. The van der Waals surface area contributed by atoms with Crippen LogP contribution in [0.4, 0.5) is 0 Å². The van der Waals surface area contributed by atoms with Gasteiger partial charge in [0.05, 0.1) is 43.1 Å². The van der Waals surface area contributed by atoms with Gasteiger partial charge in [-0.1, -0.05) is 52.3 Å². The van der Waals surface area contributed by atoms with Crippen molar-refractivity contribution in [3.63, 3.8) is 0 Å². The topological polar surface area (TPSA) is 123 Å². The van der Waals surface area contributed by atoms with Crippen molar-refractivity contribution in [1.82, 2.24) is 9.80 Å². The van der Waals surface area contributed by atoms with Crippen LogP contribution >= 0.6 is 15.9 Å². The van der Waals surface area contributed by atoms with E-state index in [2.05, 4.69) is 15.9 Å². The molecule has 0 atom stereocenters. The molecule has 48 heavy (non-hydrogen) atoms. The molecule has 0 radical (unpaired) electrons. The smallest absolute Gasteiger partial charge is 1.00 e. The number of carbonyl (C=O) groups is 4. The first-order chi connectivity index (χ1) is 22.8. The number of alkyl halides is 1. The van der Waals surface area contributed by atoms with Crippen LogP contribution in [-0.4, -0.2) is 77.8 Å². The van der Waals surface area contributed by atoms with E-state index < -0.39 is 0 Å². The third kappa shape index (κ3) is 9.70. The number of halogens is 1. The van der Waals surface area contributed by atoms with Crippen molar-refractivity contribution >= 4 is 39.6 Å². The molecule has 0 spiro atoms. The third-order valence-electron chi connectivity index (χ3n) is 7.16. The number of amides is 4. The summed E-state index contributed by atoms with van der Waals surface area (Å²) in [5.74, 6) is 1.53. The zero-order valence-corrected chi connectivity index (χ0v) is 30.6. The van der Waals surface area contributed by atoms with Crippen molar-refractivity contribution in [1.29, 1.82) is 0 Å². The van der Waals surface area contributed by atoms with Gasteiger partial charge in [-0.2, -0.15) is 0 Å². The number of hydrogen-bond acceptors (Lipinski definition) is 8. The number of hydrogen-bond donors (Lipinski definition) is 1. The predicted molar refractivity (Wildman–Crippen MR) is 181 cm³/mol. The summed E-state index contributed by atoms with van der Waals surface area (Å²) in [6.07, 6.45) is 1.36. The molecule has 2 aliphatic heterocycles. The maximum Gasteiger partial charge on any atom is 1.00 e. The molecule has 246 valence electrons. The Kier molecular flexibility index (Phi) is 15.1. The SMILES string of the molecule is COc1cccc(O)c1.COc1cccc(OCCCN2C(=O)c3ccccc3C2=O)c1.O=C1c2ccccc2C(=O)N1CCCBr.[H-].[Na+]. The van der Waals surface area contributed by atoms with Crippen LogP contribution in [0.3, 0.4) is 0 Å². The van der Waals surface area contributed by atoms with Gasteiger partial charge in [0, 0.05) is 30.6 Å². The van der Waals surface area contributed by atoms with Gasteiger partial charge >= 0.3 is 29.6 Å². The Morgan fingerprint density at radius 1 is 0.604 bits per heavy atom. The van der Waals surface area contributed by atoms with E-state index in [4.69, 9.17) is 19.3 Å². The third-order valence-corrected chi connectivity index (χ3v) is 7.72. The zero-order chi connectivity index (χ0) is 33.8. The van der Waals surface area contributed by atoms with Crippen LogP contribution in [0.2, 0.25) is 0 Å². The van der Waals surface area contributed by atoms with E-state index in [1.165, 1.54) is 9.80 Å². The summed E-state index contributed by atoms with van der Waals surface area (Å²) in [4.78, 5) is 50.6. The van der Waals surface area contributed by atoms with Gasteiger partial charge in [0.2, 0.25) is 0 Å². The average molecular weight is 728 g/mol. The molecule has 6 rings (SSSR count). The van der Waals surface area contributed by atoms with Crippen LogP contribution in [0.15, 0.2) is 97.1 Å². The van der Waals surface area contributed by atoms with Crippen molar-refractivity contribution in [2.45, 2.75) is 12.8 Å². The summed E-state index contributed by atoms with van der Waals surface area (Å²) in [6.45, 7) is 1.24. The van der Waals surface area contributed by atoms with E-state index in [0.717, 1.165) is 17.5 Å². The Bertz CT molecular complexity index is 1670. The molecule has 0 aliphatic carbocycles. The molecule has 0 unspecified atom stereocenters. The van der Waals surface area contributed by atoms with Gasteiger partial charge in [-0.25, -0.2) is 0 Å². The Balaban J connectivity index is 0.000000276. The summed E-state index contributed by atoms with van der Waals surface area (Å²) in [7, 11) is 3.16. The summed E-state index contributed by atoms with van der Waals surface area (Å²) >= 11 is 3.28. The molecule has 4 aromatic rings. The first-order valence-electron chi connectivity index (χ1n) is 14.8. The van der Waals surface area contributed by atoms with Gasteiger partial charge in [-0.3, -0.25) is 29.0 Å². The molecule has 0 saturated carbocycles. The maximum atomic E-state index is 12.2. The fraction of sp³-hybridized carbons (Fsp3) is 0.222. The van der Waals surface area contributed by atoms with Crippen molar-refractivity contribution in [3.8, 4) is 23.0 Å². The van der Waals surface area contributed by atoms with Gasteiger partial charge in [0.1, 0.15) is 23.0 Å². The van der Waals surface area contributed by atoms with Crippen molar-refractivity contribution in [2.24, 2.45) is 0 Å². The number of benzene rings is 4. The number of fused-ring (bicyclic) bond motifs is 2. The molecule has 4 amide bonds. The molecule has 2 aliphatic rings. The second kappa shape index (κ2) is 19.0. The molecular formula is C36H36BrN2NaO8. The molecule has 10 nitrogen and oxygen atoms in total. The molecule has 0 saturated heterocycles. The molecule has 0 aromatic heterocycles. The fourth-order valence-corrected chi connectivity index (χ4v) is 5.07. The number of imide groups is 2. The normalized spacial score (nSPS) is 12.6. The first kappa shape index (κ1) is 38.3. The number of rotatable bonds is 10.